The van der Waals surface area contributed by atoms with Gasteiger partial charge in [-0.1, -0.05) is 32.3 Å². The molecular weight excluding hydrogens is 165 g/mol. The van der Waals surface area contributed by atoms with Crippen LogP contribution in [-0.2, 0) is 6.42 Å². The van der Waals surface area contributed by atoms with Crippen molar-refractivity contribution >= 4 is 0 Å². The van der Waals surface area contributed by atoms with Gasteiger partial charge >= 0.3 is 0 Å². The molecule has 0 unspecified atom stereocenters. The minimum atomic E-state index is -0.391. The van der Waals surface area contributed by atoms with Gasteiger partial charge in [0.2, 0.25) is 5.95 Å². The topological polar surface area (TPSA) is 12.9 Å². The third kappa shape index (κ3) is 4.02. The summed E-state index contributed by atoms with van der Waals surface area (Å²) in [5.41, 5.74) is 1.14. The highest BCUT2D eigenvalue weighted by molar-refractivity contribution is 5.09. The summed E-state index contributed by atoms with van der Waals surface area (Å²) in [4.78, 5) is 3.61. The molecule has 0 aliphatic carbocycles. The van der Waals surface area contributed by atoms with Gasteiger partial charge in [-0.05, 0) is 24.5 Å². The van der Waals surface area contributed by atoms with Crippen molar-refractivity contribution in [3.05, 3.63) is 29.8 Å². The highest BCUT2D eigenvalue weighted by Crippen LogP contribution is 2.06. The minimum Gasteiger partial charge on any atom is -0.228 e. The third-order valence-electron chi connectivity index (χ3n) is 2.11. The van der Waals surface area contributed by atoms with E-state index >= 15 is 0 Å². The van der Waals surface area contributed by atoms with Crippen LogP contribution in [0.5, 0.6) is 0 Å². The van der Waals surface area contributed by atoms with Crippen molar-refractivity contribution in [2.45, 2.75) is 39.0 Å². The smallest absolute Gasteiger partial charge is 0.212 e. The van der Waals surface area contributed by atoms with Gasteiger partial charge < -0.3 is 0 Å². The molecule has 0 radical (unpaired) electrons. The van der Waals surface area contributed by atoms with E-state index in [1.807, 2.05) is 6.07 Å². The summed E-state index contributed by atoms with van der Waals surface area (Å²) in [7, 11) is 0. The SMILES string of the molecule is CCCCCCc1ccc(F)nc1. The summed E-state index contributed by atoms with van der Waals surface area (Å²) in [5.74, 6) is -0.391. The highest BCUT2D eigenvalue weighted by atomic mass is 19.1. The summed E-state index contributed by atoms with van der Waals surface area (Å²) in [6.07, 6.45) is 7.62. The number of halogens is 1. The predicted molar refractivity (Wildman–Crippen MR) is 52.0 cm³/mol. The number of rotatable bonds is 5. The Labute approximate surface area is 79.0 Å². The predicted octanol–water partition coefficient (Wildman–Crippen LogP) is 3.34. The molecule has 0 aliphatic heterocycles. The van der Waals surface area contributed by atoms with Crippen LogP contribution in [0, 0.1) is 5.95 Å². The molecule has 2 heteroatoms. The van der Waals surface area contributed by atoms with E-state index in [2.05, 4.69) is 11.9 Å². The average Bonchev–Trinajstić information content (AvgIpc) is 2.15. The maximum Gasteiger partial charge on any atom is 0.212 e. The molecule has 0 fully saturated rings. The summed E-state index contributed by atoms with van der Waals surface area (Å²) in [5, 5.41) is 0. The first kappa shape index (κ1) is 10.2. The van der Waals surface area contributed by atoms with Gasteiger partial charge in [-0.15, -0.1) is 0 Å². The molecule has 1 nitrogen and oxygen atoms in total. The molecule has 0 saturated carbocycles. The van der Waals surface area contributed by atoms with Gasteiger partial charge in [-0.25, -0.2) is 4.98 Å². The molecule has 1 heterocycles. The van der Waals surface area contributed by atoms with Crippen molar-refractivity contribution in [1.82, 2.24) is 4.98 Å². The molecule has 0 aliphatic rings. The monoisotopic (exact) mass is 181 g/mol. The van der Waals surface area contributed by atoms with Crippen molar-refractivity contribution < 1.29 is 4.39 Å². The van der Waals surface area contributed by atoms with E-state index in [0.717, 1.165) is 12.0 Å². The Bertz CT molecular complexity index is 230. The number of unbranched alkanes of at least 4 members (excludes halogenated alkanes) is 3. The Morgan fingerprint density at radius 2 is 2.08 bits per heavy atom. The largest absolute Gasteiger partial charge is 0.228 e. The van der Waals surface area contributed by atoms with Gasteiger partial charge in [-0.2, -0.15) is 4.39 Å². The molecule has 0 atom stereocenters. The van der Waals surface area contributed by atoms with Crippen LogP contribution in [-0.4, -0.2) is 4.98 Å². The molecule has 0 saturated heterocycles. The lowest BCUT2D eigenvalue weighted by atomic mass is 10.1. The molecule has 0 spiro atoms. The highest BCUT2D eigenvalue weighted by Gasteiger charge is 1.94. The van der Waals surface area contributed by atoms with Crippen LogP contribution in [0.4, 0.5) is 4.39 Å². The Hall–Kier alpha value is -0.920. The second-order valence-electron chi connectivity index (χ2n) is 3.30. The van der Waals surface area contributed by atoms with E-state index in [4.69, 9.17) is 0 Å². The van der Waals surface area contributed by atoms with E-state index in [1.54, 1.807) is 6.20 Å². The molecule has 0 N–H and O–H groups in total. The normalized spacial score (nSPS) is 10.3. The van der Waals surface area contributed by atoms with Gasteiger partial charge in [0, 0.05) is 6.20 Å². The van der Waals surface area contributed by atoms with Crippen molar-refractivity contribution in [1.29, 1.82) is 0 Å². The number of aromatic nitrogens is 1. The Morgan fingerprint density at radius 1 is 1.23 bits per heavy atom. The van der Waals surface area contributed by atoms with E-state index in [0.29, 0.717) is 0 Å². The Balaban J connectivity index is 2.25. The fourth-order valence-electron chi connectivity index (χ4n) is 1.31. The van der Waals surface area contributed by atoms with Crippen LogP contribution in [0.2, 0.25) is 0 Å². The standard InChI is InChI=1S/C11H16FN/c1-2-3-4-5-6-10-7-8-11(12)13-9-10/h7-9H,2-6H2,1H3. The maximum absolute atomic E-state index is 12.4. The second kappa shape index (κ2) is 5.68. The van der Waals surface area contributed by atoms with Gasteiger partial charge in [-0.3, -0.25) is 0 Å². The van der Waals surface area contributed by atoms with Crippen molar-refractivity contribution in [3.63, 3.8) is 0 Å². The molecule has 1 aromatic rings. The van der Waals surface area contributed by atoms with E-state index in [9.17, 15) is 4.39 Å². The summed E-state index contributed by atoms with van der Waals surface area (Å²) in [6, 6.07) is 3.24. The van der Waals surface area contributed by atoms with Crippen LogP contribution in [0.15, 0.2) is 18.3 Å². The van der Waals surface area contributed by atoms with Crippen LogP contribution >= 0.6 is 0 Å². The molecule has 0 amide bonds. The first-order valence-electron chi connectivity index (χ1n) is 4.93. The maximum atomic E-state index is 12.4. The zero-order valence-electron chi connectivity index (χ0n) is 8.09. The molecular formula is C11H16FN. The quantitative estimate of drug-likeness (QED) is 0.501. The number of hydrogen-bond donors (Lipinski definition) is 0. The van der Waals surface area contributed by atoms with Crippen LogP contribution in [0.1, 0.15) is 38.2 Å². The minimum absolute atomic E-state index is 0.391. The number of aryl methyl sites for hydroxylation is 1. The zero-order valence-corrected chi connectivity index (χ0v) is 8.09. The summed E-state index contributed by atoms with van der Waals surface area (Å²) < 4.78 is 12.4. The van der Waals surface area contributed by atoms with Gasteiger partial charge in [0.15, 0.2) is 0 Å². The molecule has 13 heavy (non-hydrogen) atoms. The molecule has 1 rings (SSSR count). The lowest BCUT2D eigenvalue weighted by Gasteiger charge is -1.99. The van der Waals surface area contributed by atoms with Crippen LogP contribution in [0.3, 0.4) is 0 Å². The molecule has 0 aromatic carbocycles. The Morgan fingerprint density at radius 3 is 2.69 bits per heavy atom. The van der Waals surface area contributed by atoms with E-state index < -0.39 is 5.95 Å². The first-order chi connectivity index (χ1) is 6.33. The Kier molecular flexibility index (Phi) is 4.44. The zero-order chi connectivity index (χ0) is 9.52. The molecule has 72 valence electrons. The van der Waals surface area contributed by atoms with Crippen LogP contribution < -0.4 is 0 Å². The molecule has 1 aromatic heterocycles. The van der Waals surface area contributed by atoms with Crippen molar-refractivity contribution in [2.75, 3.05) is 0 Å². The average molecular weight is 181 g/mol. The third-order valence-corrected chi connectivity index (χ3v) is 2.11. The van der Waals surface area contributed by atoms with E-state index in [-0.39, 0.29) is 0 Å². The fraction of sp³-hybridized carbons (Fsp3) is 0.545. The van der Waals surface area contributed by atoms with Gasteiger partial charge in [0.05, 0.1) is 0 Å². The van der Waals surface area contributed by atoms with Gasteiger partial charge in [0.1, 0.15) is 0 Å². The lowest BCUT2D eigenvalue weighted by molar-refractivity contribution is 0.581. The summed E-state index contributed by atoms with van der Waals surface area (Å²) in [6.45, 7) is 2.19. The molecule has 0 bridgehead atoms. The van der Waals surface area contributed by atoms with Crippen molar-refractivity contribution in [2.24, 2.45) is 0 Å². The number of pyridine rings is 1. The number of hydrogen-bond acceptors (Lipinski definition) is 1. The number of nitrogens with zero attached hydrogens (tertiary/aromatic N) is 1. The first-order valence-corrected chi connectivity index (χ1v) is 4.93. The summed E-state index contributed by atoms with van der Waals surface area (Å²) >= 11 is 0. The van der Waals surface area contributed by atoms with Crippen molar-refractivity contribution in [3.8, 4) is 0 Å². The fourth-order valence-corrected chi connectivity index (χ4v) is 1.31. The second-order valence-corrected chi connectivity index (χ2v) is 3.30. The van der Waals surface area contributed by atoms with Crippen LogP contribution in [0.25, 0.3) is 0 Å². The van der Waals surface area contributed by atoms with Gasteiger partial charge in [0.25, 0.3) is 0 Å². The van der Waals surface area contributed by atoms with E-state index in [1.165, 1.54) is 31.7 Å². The lowest BCUT2D eigenvalue weighted by Crippen LogP contribution is -1.88.